The van der Waals surface area contributed by atoms with E-state index >= 15 is 0 Å². The number of fused-ring (bicyclic) bond motifs is 20. The Morgan fingerprint density at radius 1 is 0.390 bits per heavy atom. The molecular weight excluding hydrogens is 935 g/mol. The molecule has 16 rings (SSSR count). The van der Waals surface area contributed by atoms with Gasteiger partial charge < -0.3 is 14.1 Å². The van der Waals surface area contributed by atoms with Gasteiger partial charge in [0, 0.05) is 60.5 Å². The molecule has 0 unspecified atom stereocenters. The zero-order valence-corrected chi connectivity index (χ0v) is 44.2. The molecule has 0 saturated carbocycles. The summed E-state index contributed by atoms with van der Waals surface area (Å²) in [6.45, 7) is 15.1. The average Bonchev–Trinajstić information content (AvgIpc) is 4.28. The maximum Gasteiger partial charge on any atom is 0.143 e. The fourth-order valence-corrected chi connectivity index (χ4v) is 14.6. The van der Waals surface area contributed by atoms with Crippen molar-refractivity contribution >= 4 is 49.8 Å². The summed E-state index contributed by atoms with van der Waals surface area (Å²) in [5.41, 5.74) is 28.5. The molecule has 1 aliphatic heterocycles. The van der Waals surface area contributed by atoms with Crippen LogP contribution in [0.15, 0.2) is 217 Å². The third kappa shape index (κ3) is 5.97. The molecule has 0 bridgehead atoms. The summed E-state index contributed by atoms with van der Waals surface area (Å²) in [5, 5.41) is 4.73. The lowest BCUT2D eigenvalue weighted by Crippen LogP contribution is -2.25. The predicted octanol–water partition coefficient (Wildman–Crippen LogP) is 20.0. The van der Waals surface area contributed by atoms with Crippen LogP contribution >= 0.6 is 0 Å². The molecule has 0 amide bonds. The number of benzene rings is 11. The highest BCUT2D eigenvalue weighted by Gasteiger charge is 2.50. The van der Waals surface area contributed by atoms with Crippen molar-refractivity contribution in [3.05, 3.63) is 251 Å². The van der Waals surface area contributed by atoms with Crippen molar-refractivity contribution in [3.63, 3.8) is 0 Å². The number of para-hydroxylation sites is 1. The number of anilines is 3. The van der Waals surface area contributed by atoms with Gasteiger partial charge in [-0.3, -0.25) is 0 Å². The van der Waals surface area contributed by atoms with Crippen LogP contribution in [0.25, 0.3) is 99.5 Å². The van der Waals surface area contributed by atoms with E-state index in [1.54, 1.807) is 0 Å². The van der Waals surface area contributed by atoms with E-state index in [9.17, 15) is 0 Å². The highest BCUT2D eigenvalue weighted by atomic mass is 16.5. The van der Waals surface area contributed by atoms with Gasteiger partial charge in [0.05, 0.1) is 5.69 Å². The van der Waals surface area contributed by atoms with E-state index in [1.807, 2.05) is 0 Å². The van der Waals surface area contributed by atoms with Crippen molar-refractivity contribution < 1.29 is 9.15 Å². The van der Waals surface area contributed by atoms with Crippen LogP contribution in [0.5, 0.6) is 5.75 Å². The zero-order valence-electron chi connectivity index (χ0n) is 44.2. The molecule has 11 aromatic carbocycles. The Kier molecular flexibility index (Phi) is 8.98. The number of hydrogen-bond acceptors (Lipinski definition) is 3. The van der Waals surface area contributed by atoms with Crippen LogP contribution in [0.1, 0.15) is 80.5 Å². The third-order valence-electron chi connectivity index (χ3n) is 18.3. The standard InChI is InChI=1S/C74H55NO2/c1-72(2)58-39-48(35-37-53(58)63-60(72)41-56(70-66(63)55-27-15-17-30-62(55)77-70)46-33-31-44(32-34-46)43-19-8-7-9-20-43)75(61-29-18-23-45-21-10-12-24-50(45)61)49-36-38-54-59(40-49)74(5,6)69-67(54)71-65(51-25-13-11-22-47(51)42-76-71)64-52-26-14-16-28-57(52)73(3,4)68(64)69/h7-41H,42H2,1-6H3. The first-order valence-electron chi connectivity index (χ1n) is 27.3. The van der Waals surface area contributed by atoms with Crippen LogP contribution in [0.3, 0.4) is 0 Å². The van der Waals surface area contributed by atoms with Crippen molar-refractivity contribution in [2.45, 2.75) is 64.4 Å². The number of rotatable bonds is 5. The van der Waals surface area contributed by atoms with Gasteiger partial charge in [-0.15, -0.1) is 0 Å². The Labute approximate surface area is 449 Å². The Bertz CT molecular complexity index is 4520. The lowest BCUT2D eigenvalue weighted by Gasteiger charge is -2.34. The van der Waals surface area contributed by atoms with Crippen molar-refractivity contribution in [1.29, 1.82) is 0 Å². The largest absolute Gasteiger partial charge is 0.488 e. The van der Waals surface area contributed by atoms with Crippen LogP contribution < -0.4 is 9.64 Å². The predicted molar refractivity (Wildman–Crippen MR) is 319 cm³/mol. The number of ether oxygens (including phenoxy) is 1. The fourth-order valence-electron chi connectivity index (χ4n) is 14.6. The first kappa shape index (κ1) is 44.4. The first-order chi connectivity index (χ1) is 37.5. The molecule has 3 nitrogen and oxygen atoms in total. The topological polar surface area (TPSA) is 25.6 Å². The van der Waals surface area contributed by atoms with Gasteiger partial charge in [0.1, 0.15) is 23.5 Å². The lowest BCUT2D eigenvalue weighted by molar-refractivity contribution is 0.303. The average molecular weight is 990 g/mol. The van der Waals surface area contributed by atoms with Crippen LogP contribution in [0.4, 0.5) is 17.1 Å². The summed E-state index contributed by atoms with van der Waals surface area (Å²) in [5.74, 6) is 1.02. The molecule has 0 radical (unpaired) electrons. The molecule has 12 aromatic rings. The molecule has 0 saturated heterocycles. The van der Waals surface area contributed by atoms with Crippen LogP contribution in [0, 0.1) is 0 Å². The van der Waals surface area contributed by atoms with E-state index in [4.69, 9.17) is 9.15 Å². The minimum Gasteiger partial charge on any atom is -0.488 e. The second kappa shape index (κ2) is 15.6. The lowest BCUT2D eigenvalue weighted by atomic mass is 9.71. The van der Waals surface area contributed by atoms with Gasteiger partial charge in [-0.1, -0.05) is 211 Å². The third-order valence-corrected chi connectivity index (χ3v) is 18.3. The highest BCUT2D eigenvalue weighted by molar-refractivity contribution is 6.19. The molecule has 3 aliphatic carbocycles. The van der Waals surface area contributed by atoms with E-state index in [-0.39, 0.29) is 16.2 Å². The van der Waals surface area contributed by atoms with Crippen LogP contribution in [0.2, 0.25) is 0 Å². The van der Waals surface area contributed by atoms with Crippen molar-refractivity contribution in [2.24, 2.45) is 0 Å². The first-order valence-corrected chi connectivity index (χ1v) is 27.3. The maximum atomic E-state index is 7.09. The van der Waals surface area contributed by atoms with Crippen molar-refractivity contribution in [1.82, 2.24) is 0 Å². The van der Waals surface area contributed by atoms with Gasteiger partial charge in [0.2, 0.25) is 0 Å². The smallest absolute Gasteiger partial charge is 0.143 e. The summed E-state index contributed by atoms with van der Waals surface area (Å²) in [4.78, 5) is 2.52. The van der Waals surface area contributed by atoms with E-state index in [1.165, 1.54) is 111 Å². The van der Waals surface area contributed by atoms with E-state index in [2.05, 4.69) is 259 Å². The van der Waals surface area contributed by atoms with E-state index in [0.717, 1.165) is 50.5 Å². The molecule has 0 atom stereocenters. The Hall–Kier alpha value is -8.92. The van der Waals surface area contributed by atoms with Gasteiger partial charge in [-0.05, 0) is 137 Å². The van der Waals surface area contributed by atoms with Gasteiger partial charge in [-0.25, -0.2) is 0 Å². The monoisotopic (exact) mass is 989 g/mol. The zero-order chi connectivity index (χ0) is 51.7. The molecule has 0 N–H and O–H groups in total. The van der Waals surface area contributed by atoms with Gasteiger partial charge in [-0.2, -0.15) is 0 Å². The summed E-state index contributed by atoms with van der Waals surface area (Å²) >= 11 is 0. The van der Waals surface area contributed by atoms with Crippen molar-refractivity contribution in [2.75, 3.05) is 4.90 Å². The number of furan rings is 1. The number of nitrogens with zero attached hydrogens (tertiary/aromatic N) is 1. The maximum absolute atomic E-state index is 7.09. The van der Waals surface area contributed by atoms with Gasteiger partial charge >= 0.3 is 0 Å². The molecule has 77 heavy (non-hydrogen) atoms. The summed E-state index contributed by atoms with van der Waals surface area (Å²) in [7, 11) is 0. The van der Waals surface area contributed by atoms with Crippen LogP contribution in [-0.2, 0) is 22.9 Å². The van der Waals surface area contributed by atoms with Gasteiger partial charge in [0.15, 0.2) is 0 Å². The fraction of sp³-hybridized carbons (Fsp3) is 0.135. The Morgan fingerprint density at radius 2 is 0.974 bits per heavy atom. The second-order valence-electron chi connectivity index (χ2n) is 23.5. The highest BCUT2D eigenvalue weighted by Crippen LogP contribution is 2.66. The minimum atomic E-state index is -0.357. The molecule has 368 valence electrons. The second-order valence-corrected chi connectivity index (χ2v) is 23.5. The molecule has 1 aromatic heterocycles. The minimum absolute atomic E-state index is 0.231. The Balaban J connectivity index is 0.897. The molecule has 0 fully saturated rings. The van der Waals surface area contributed by atoms with E-state index in [0.29, 0.717) is 6.61 Å². The molecule has 0 spiro atoms. The SMILES string of the molecule is CC1(C)c2cc(N(c3ccc4c(c3)C(C)(C)c3c-4c4c(c5c3C(C)(C)c3ccccc3-5)-c3ccccc3CO4)c3cccc4ccccc34)ccc2-c2c1cc(-c1ccc(-c3ccccc3)cc1)c1oc3ccccc3c21. The quantitative estimate of drug-likeness (QED) is 0.172. The summed E-state index contributed by atoms with van der Waals surface area (Å²) < 4.78 is 14.0. The Morgan fingerprint density at radius 3 is 1.77 bits per heavy atom. The number of hydrogen-bond donors (Lipinski definition) is 0. The molecule has 3 heteroatoms. The molecule has 4 aliphatic rings. The molecular formula is C74H55NO2. The summed E-state index contributed by atoms with van der Waals surface area (Å²) in [6, 6.07) is 78.7. The van der Waals surface area contributed by atoms with E-state index < -0.39 is 0 Å². The van der Waals surface area contributed by atoms with Gasteiger partial charge in [0.25, 0.3) is 0 Å². The van der Waals surface area contributed by atoms with Crippen LogP contribution in [-0.4, -0.2) is 0 Å². The molecule has 2 heterocycles. The normalized spacial score (nSPS) is 15.2. The van der Waals surface area contributed by atoms with Crippen molar-refractivity contribution in [3.8, 4) is 72.5 Å². The summed E-state index contributed by atoms with van der Waals surface area (Å²) in [6.07, 6.45) is 0.